The van der Waals surface area contributed by atoms with Gasteiger partial charge in [-0.15, -0.1) is 0 Å². The SMILES string of the molecule is ICNCC1CC1. The molecule has 0 saturated heterocycles. The third-order valence-corrected chi connectivity index (χ3v) is 1.76. The van der Waals surface area contributed by atoms with Crippen LogP contribution in [-0.2, 0) is 0 Å². The minimum atomic E-state index is 1.04. The molecular weight excluding hydrogens is 201 g/mol. The Morgan fingerprint density at radius 1 is 1.57 bits per heavy atom. The van der Waals surface area contributed by atoms with Gasteiger partial charge in [-0.2, -0.15) is 0 Å². The summed E-state index contributed by atoms with van der Waals surface area (Å²) in [7, 11) is 0. The van der Waals surface area contributed by atoms with Crippen LogP contribution in [0.3, 0.4) is 0 Å². The number of hydrogen-bond acceptors (Lipinski definition) is 1. The molecule has 0 aliphatic heterocycles. The van der Waals surface area contributed by atoms with Gasteiger partial charge in [0.2, 0.25) is 0 Å². The molecule has 1 rings (SSSR count). The van der Waals surface area contributed by atoms with E-state index >= 15 is 0 Å². The van der Waals surface area contributed by atoms with E-state index in [9.17, 15) is 0 Å². The van der Waals surface area contributed by atoms with Crippen molar-refractivity contribution >= 4 is 22.6 Å². The van der Waals surface area contributed by atoms with Crippen LogP contribution in [0.25, 0.3) is 0 Å². The highest BCUT2D eigenvalue weighted by atomic mass is 127. The van der Waals surface area contributed by atoms with Crippen molar-refractivity contribution in [1.82, 2.24) is 5.32 Å². The van der Waals surface area contributed by atoms with E-state index in [-0.39, 0.29) is 0 Å². The summed E-state index contributed by atoms with van der Waals surface area (Å²) in [6, 6.07) is 0. The quantitative estimate of drug-likeness (QED) is 0.422. The Kier molecular flexibility index (Phi) is 2.38. The van der Waals surface area contributed by atoms with Gasteiger partial charge in [0, 0.05) is 4.55 Å². The molecule has 0 radical (unpaired) electrons. The molecule has 1 saturated carbocycles. The second-order valence-corrected chi connectivity index (χ2v) is 2.79. The van der Waals surface area contributed by atoms with Crippen molar-refractivity contribution in [2.24, 2.45) is 5.92 Å². The molecule has 0 aromatic carbocycles. The maximum absolute atomic E-state index is 3.30. The first kappa shape index (κ1) is 5.82. The summed E-state index contributed by atoms with van der Waals surface area (Å²) in [6.07, 6.45) is 2.92. The lowest BCUT2D eigenvalue weighted by atomic mass is 10.4. The monoisotopic (exact) mass is 211 g/mol. The number of hydrogen-bond donors (Lipinski definition) is 1. The number of halogens is 1. The lowest BCUT2D eigenvalue weighted by molar-refractivity contribution is 0.711. The summed E-state index contributed by atoms with van der Waals surface area (Å²) in [5.41, 5.74) is 0. The lowest BCUT2D eigenvalue weighted by Crippen LogP contribution is -2.13. The lowest BCUT2D eigenvalue weighted by Gasteiger charge is -1.92. The minimum Gasteiger partial charge on any atom is -0.308 e. The first-order valence-corrected chi connectivity index (χ1v) is 4.22. The Hall–Kier alpha value is 0.690. The van der Waals surface area contributed by atoms with Crippen molar-refractivity contribution in [3.63, 3.8) is 0 Å². The fourth-order valence-electron chi connectivity index (χ4n) is 0.581. The van der Waals surface area contributed by atoms with Gasteiger partial charge in [-0.05, 0) is 25.3 Å². The zero-order valence-electron chi connectivity index (χ0n) is 4.28. The third-order valence-electron chi connectivity index (χ3n) is 1.22. The summed E-state index contributed by atoms with van der Waals surface area (Å²) in [6.45, 7) is 1.25. The molecule has 2 heteroatoms. The van der Waals surface area contributed by atoms with Gasteiger partial charge in [0.05, 0.1) is 0 Å². The zero-order chi connectivity index (χ0) is 5.11. The molecule has 1 N–H and O–H groups in total. The molecule has 1 fully saturated rings. The molecule has 0 bridgehead atoms. The molecule has 0 spiro atoms. The van der Waals surface area contributed by atoms with Crippen LogP contribution in [0, 0.1) is 5.92 Å². The van der Waals surface area contributed by atoms with Crippen LogP contribution in [0.4, 0.5) is 0 Å². The predicted molar refractivity (Wildman–Crippen MR) is 39.6 cm³/mol. The molecule has 0 aromatic heterocycles. The van der Waals surface area contributed by atoms with Gasteiger partial charge in [0.1, 0.15) is 0 Å². The largest absolute Gasteiger partial charge is 0.308 e. The van der Waals surface area contributed by atoms with Gasteiger partial charge in [0.15, 0.2) is 0 Å². The van der Waals surface area contributed by atoms with E-state index in [0.29, 0.717) is 0 Å². The smallest absolute Gasteiger partial charge is 0.0480 e. The summed E-state index contributed by atoms with van der Waals surface area (Å²) >= 11 is 2.34. The van der Waals surface area contributed by atoms with Gasteiger partial charge in [-0.3, -0.25) is 0 Å². The van der Waals surface area contributed by atoms with Crippen LogP contribution in [0.2, 0.25) is 0 Å². The molecule has 7 heavy (non-hydrogen) atoms. The fraction of sp³-hybridized carbons (Fsp3) is 1.00. The van der Waals surface area contributed by atoms with Crippen LogP contribution >= 0.6 is 22.6 Å². The third kappa shape index (κ3) is 2.49. The van der Waals surface area contributed by atoms with Crippen LogP contribution in [0.1, 0.15) is 12.8 Å². The van der Waals surface area contributed by atoms with Crippen LogP contribution < -0.4 is 5.32 Å². The molecule has 0 atom stereocenters. The molecule has 42 valence electrons. The fourth-order valence-corrected chi connectivity index (χ4v) is 0.892. The Morgan fingerprint density at radius 3 is 2.71 bits per heavy atom. The average molecular weight is 211 g/mol. The summed E-state index contributed by atoms with van der Waals surface area (Å²) in [5.74, 6) is 1.04. The van der Waals surface area contributed by atoms with Crippen molar-refractivity contribution < 1.29 is 0 Å². The zero-order valence-corrected chi connectivity index (χ0v) is 6.44. The molecule has 0 amide bonds. The number of alkyl halides is 1. The highest BCUT2D eigenvalue weighted by Crippen LogP contribution is 2.27. The van der Waals surface area contributed by atoms with Gasteiger partial charge in [0.25, 0.3) is 0 Å². The molecule has 0 unspecified atom stereocenters. The minimum absolute atomic E-state index is 1.04. The van der Waals surface area contributed by atoms with Crippen molar-refractivity contribution in [1.29, 1.82) is 0 Å². The van der Waals surface area contributed by atoms with Crippen LogP contribution in [0.15, 0.2) is 0 Å². The van der Waals surface area contributed by atoms with E-state index in [1.807, 2.05) is 0 Å². The summed E-state index contributed by atoms with van der Waals surface area (Å²) < 4.78 is 1.11. The van der Waals surface area contributed by atoms with Crippen molar-refractivity contribution in [2.75, 3.05) is 11.1 Å². The van der Waals surface area contributed by atoms with Crippen LogP contribution in [-0.4, -0.2) is 11.1 Å². The first-order chi connectivity index (χ1) is 3.43. The van der Waals surface area contributed by atoms with Crippen molar-refractivity contribution in [3.05, 3.63) is 0 Å². The Labute approximate surface area is 58.0 Å². The molecule has 0 heterocycles. The van der Waals surface area contributed by atoms with Crippen LogP contribution in [0.5, 0.6) is 0 Å². The maximum atomic E-state index is 3.30. The normalized spacial score (nSPS) is 20.1. The topological polar surface area (TPSA) is 12.0 Å². The van der Waals surface area contributed by atoms with Crippen molar-refractivity contribution in [3.8, 4) is 0 Å². The van der Waals surface area contributed by atoms with E-state index in [4.69, 9.17) is 0 Å². The van der Waals surface area contributed by atoms with E-state index in [1.165, 1.54) is 19.4 Å². The van der Waals surface area contributed by atoms with E-state index < -0.39 is 0 Å². The Balaban J connectivity index is 1.80. The summed E-state index contributed by atoms with van der Waals surface area (Å²) in [4.78, 5) is 0. The molecule has 1 nitrogen and oxygen atoms in total. The number of rotatable bonds is 3. The molecule has 1 aliphatic carbocycles. The van der Waals surface area contributed by atoms with E-state index in [1.54, 1.807) is 0 Å². The highest BCUT2D eigenvalue weighted by Gasteiger charge is 2.19. The van der Waals surface area contributed by atoms with Crippen molar-refractivity contribution in [2.45, 2.75) is 12.8 Å². The number of nitrogens with one attached hydrogen (secondary N) is 1. The van der Waals surface area contributed by atoms with Gasteiger partial charge >= 0.3 is 0 Å². The Morgan fingerprint density at radius 2 is 2.29 bits per heavy atom. The second kappa shape index (κ2) is 2.87. The Bertz CT molecular complexity index is 52.0. The van der Waals surface area contributed by atoms with Gasteiger partial charge < -0.3 is 5.32 Å². The average Bonchev–Trinajstić information content (AvgIpc) is 2.42. The highest BCUT2D eigenvalue weighted by molar-refractivity contribution is 14.1. The summed E-state index contributed by atoms with van der Waals surface area (Å²) in [5, 5.41) is 3.30. The maximum Gasteiger partial charge on any atom is 0.0480 e. The predicted octanol–water partition coefficient (Wildman–Crippen LogP) is 1.38. The standard InChI is InChI=1S/C5H10IN/c6-4-7-3-5-1-2-5/h5,7H,1-4H2. The second-order valence-electron chi connectivity index (χ2n) is 2.03. The van der Waals surface area contributed by atoms with E-state index in [2.05, 4.69) is 27.9 Å². The van der Waals surface area contributed by atoms with Gasteiger partial charge in [-0.25, -0.2) is 0 Å². The molecule has 0 aromatic rings. The molecule has 1 aliphatic rings. The van der Waals surface area contributed by atoms with Gasteiger partial charge in [-0.1, -0.05) is 22.6 Å². The first-order valence-electron chi connectivity index (χ1n) is 2.70. The van der Waals surface area contributed by atoms with E-state index in [0.717, 1.165) is 10.5 Å². The molecular formula is C5H10IN.